The smallest absolute Gasteiger partial charge is 0.0739 e. The van der Waals surface area contributed by atoms with Crippen molar-refractivity contribution in [1.29, 1.82) is 0 Å². The van der Waals surface area contributed by atoms with Crippen molar-refractivity contribution >= 4 is 15.9 Å². The van der Waals surface area contributed by atoms with Crippen LogP contribution < -0.4 is 5.32 Å². The molecule has 0 radical (unpaired) electrons. The first kappa shape index (κ1) is 15.0. The Labute approximate surface area is 125 Å². The van der Waals surface area contributed by atoms with Gasteiger partial charge in [0.05, 0.1) is 15.9 Å². The van der Waals surface area contributed by atoms with E-state index in [9.17, 15) is 0 Å². The number of hydrogen-bond donors (Lipinski definition) is 1. The minimum atomic E-state index is 0.456. The maximum atomic E-state index is 4.53. The van der Waals surface area contributed by atoms with E-state index in [0.29, 0.717) is 10.8 Å². The summed E-state index contributed by atoms with van der Waals surface area (Å²) < 4.78 is 3.23. The van der Waals surface area contributed by atoms with Crippen LogP contribution in [0.3, 0.4) is 0 Å². The van der Waals surface area contributed by atoms with E-state index >= 15 is 0 Å². The third-order valence-corrected chi connectivity index (χ3v) is 6.44. The molecule has 0 saturated heterocycles. The number of nitrogens with one attached hydrogen (secondary N) is 1. The molecule has 1 aliphatic rings. The Morgan fingerprint density at radius 3 is 2.32 bits per heavy atom. The van der Waals surface area contributed by atoms with Crippen LogP contribution >= 0.6 is 15.9 Å². The summed E-state index contributed by atoms with van der Waals surface area (Å²) in [5.41, 5.74) is 3.25. The highest BCUT2D eigenvalue weighted by Gasteiger charge is 2.63. The number of halogens is 1. The van der Waals surface area contributed by atoms with E-state index in [2.05, 4.69) is 65.6 Å². The van der Waals surface area contributed by atoms with Crippen molar-refractivity contribution < 1.29 is 0 Å². The van der Waals surface area contributed by atoms with Crippen LogP contribution in [0.4, 0.5) is 0 Å². The molecule has 1 aromatic heterocycles. The zero-order chi connectivity index (χ0) is 14.4. The lowest BCUT2D eigenvalue weighted by Crippen LogP contribution is -2.21. The van der Waals surface area contributed by atoms with E-state index in [-0.39, 0.29) is 0 Å². The van der Waals surface area contributed by atoms with Crippen LogP contribution in [0.15, 0.2) is 4.47 Å². The van der Waals surface area contributed by atoms with Crippen LogP contribution in [0, 0.1) is 23.7 Å². The summed E-state index contributed by atoms with van der Waals surface area (Å²) in [6.07, 6.45) is 0. The van der Waals surface area contributed by atoms with Gasteiger partial charge in [0, 0.05) is 13.1 Å². The molecule has 0 aromatic carbocycles. The van der Waals surface area contributed by atoms with Gasteiger partial charge in [0.15, 0.2) is 0 Å². The maximum absolute atomic E-state index is 4.53. The van der Waals surface area contributed by atoms with Crippen molar-refractivity contribution in [2.75, 3.05) is 6.54 Å². The molecular formula is C15H26BrN3. The summed E-state index contributed by atoms with van der Waals surface area (Å²) in [6.45, 7) is 16.6. The second kappa shape index (κ2) is 4.88. The predicted molar refractivity (Wildman–Crippen MR) is 83.1 cm³/mol. The van der Waals surface area contributed by atoms with Crippen molar-refractivity contribution in [2.24, 2.45) is 16.7 Å². The summed E-state index contributed by atoms with van der Waals surface area (Å²) in [5.74, 6) is 0.762. The fraction of sp³-hybridized carbons (Fsp3) is 0.800. The maximum Gasteiger partial charge on any atom is 0.0739 e. The van der Waals surface area contributed by atoms with Gasteiger partial charge in [-0.25, -0.2) is 0 Å². The number of hydrogen-bond acceptors (Lipinski definition) is 2. The molecule has 1 heterocycles. The highest BCUT2D eigenvalue weighted by molar-refractivity contribution is 9.10. The van der Waals surface area contributed by atoms with Gasteiger partial charge in [-0.15, -0.1) is 0 Å². The first-order chi connectivity index (χ1) is 8.73. The van der Waals surface area contributed by atoms with Gasteiger partial charge in [-0.3, -0.25) is 4.68 Å². The van der Waals surface area contributed by atoms with Gasteiger partial charge in [-0.1, -0.05) is 27.7 Å². The molecule has 1 aromatic rings. The van der Waals surface area contributed by atoms with Gasteiger partial charge in [-0.05, 0) is 53.1 Å². The molecule has 0 amide bonds. The lowest BCUT2D eigenvalue weighted by Gasteiger charge is -2.08. The third kappa shape index (κ3) is 2.38. The van der Waals surface area contributed by atoms with Crippen LogP contribution in [-0.2, 0) is 13.1 Å². The van der Waals surface area contributed by atoms with Crippen molar-refractivity contribution in [3.63, 3.8) is 0 Å². The number of nitrogens with zero attached hydrogens (tertiary/aromatic N) is 2. The number of rotatable bonds is 5. The van der Waals surface area contributed by atoms with E-state index in [1.165, 1.54) is 5.69 Å². The lowest BCUT2D eigenvalue weighted by molar-refractivity contribution is 0.457. The zero-order valence-electron chi connectivity index (χ0n) is 13.0. The van der Waals surface area contributed by atoms with E-state index < -0.39 is 0 Å². The Morgan fingerprint density at radius 1 is 1.26 bits per heavy atom. The first-order valence-corrected chi connectivity index (χ1v) is 7.95. The highest BCUT2D eigenvalue weighted by Crippen LogP contribution is 2.67. The van der Waals surface area contributed by atoms with Crippen LogP contribution in [-0.4, -0.2) is 16.3 Å². The summed E-state index contributed by atoms with van der Waals surface area (Å²) in [4.78, 5) is 0. The molecule has 1 saturated carbocycles. The largest absolute Gasteiger partial charge is 0.311 e. The standard InChI is InChI=1S/C15H26BrN3/c1-7-19-11(13(16)10(2)18-19)8-17-9-12-14(3,4)15(12,5)6/h12,17H,7-9H2,1-6H3. The Morgan fingerprint density at radius 2 is 1.84 bits per heavy atom. The Balaban J connectivity index is 1.94. The molecule has 108 valence electrons. The topological polar surface area (TPSA) is 29.9 Å². The molecule has 0 bridgehead atoms. The molecule has 0 aliphatic heterocycles. The molecule has 19 heavy (non-hydrogen) atoms. The molecule has 0 unspecified atom stereocenters. The SMILES string of the molecule is CCn1nc(C)c(Br)c1CNCC1C(C)(C)C1(C)C. The second-order valence-corrected chi connectivity index (χ2v) is 7.58. The average Bonchev–Trinajstić information content (AvgIpc) is 2.59. The fourth-order valence-electron chi connectivity index (χ4n) is 3.22. The van der Waals surface area contributed by atoms with Crippen LogP contribution in [0.5, 0.6) is 0 Å². The van der Waals surface area contributed by atoms with Gasteiger partial charge < -0.3 is 5.32 Å². The molecule has 2 rings (SSSR count). The minimum absolute atomic E-state index is 0.456. The Bertz CT molecular complexity index is 460. The molecule has 4 heteroatoms. The van der Waals surface area contributed by atoms with Crippen molar-refractivity contribution in [2.45, 2.75) is 54.6 Å². The Hall–Kier alpha value is -0.350. The predicted octanol–water partition coefficient (Wildman–Crippen LogP) is 3.75. The zero-order valence-corrected chi connectivity index (χ0v) is 14.6. The van der Waals surface area contributed by atoms with Crippen LogP contribution in [0.1, 0.15) is 46.0 Å². The van der Waals surface area contributed by atoms with E-state index in [0.717, 1.165) is 35.7 Å². The first-order valence-electron chi connectivity index (χ1n) is 7.16. The molecule has 1 N–H and O–H groups in total. The molecular weight excluding hydrogens is 302 g/mol. The van der Waals surface area contributed by atoms with Crippen molar-refractivity contribution in [3.05, 3.63) is 15.9 Å². The van der Waals surface area contributed by atoms with Gasteiger partial charge >= 0.3 is 0 Å². The van der Waals surface area contributed by atoms with Crippen LogP contribution in [0.25, 0.3) is 0 Å². The van der Waals surface area contributed by atoms with Gasteiger partial charge in [0.25, 0.3) is 0 Å². The van der Waals surface area contributed by atoms with Crippen LogP contribution in [0.2, 0.25) is 0 Å². The summed E-state index contributed by atoms with van der Waals surface area (Å²) >= 11 is 3.65. The highest BCUT2D eigenvalue weighted by atomic mass is 79.9. The summed E-state index contributed by atoms with van der Waals surface area (Å²) in [7, 11) is 0. The summed E-state index contributed by atoms with van der Waals surface area (Å²) in [6, 6.07) is 0. The molecule has 0 spiro atoms. The third-order valence-electron chi connectivity index (χ3n) is 5.41. The van der Waals surface area contributed by atoms with Crippen molar-refractivity contribution in [1.82, 2.24) is 15.1 Å². The van der Waals surface area contributed by atoms with Gasteiger partial charge in [-0.2, -0.15) is 5.10 Å². The summed E-state index contributed by atoms with van der Waals surface area (Å²) in [5, 5.41) is 8.14. The minimum Gasteiger partial charge on any atom is -0.311 e. The van der Waals surface area contributed by atoms with Gasteiger partial charge in [0.1, 0.15) is 0 Å². The van der Waals surface area contributed by atoms with Gasteiger partial charge in [0.2, 0.25) is 0 Å². The number of aromatic nitrogens is 2. The normalized spacial score (nSPS) is 20.8. The molecule has 3 nitrogen and oxygen atoms in total. The Kier molecular flexibility index (Phi) is 3.87. The average molecular weight is 328 g/mol. The molecule has 1 fully saturated rings. The van der Waals surface area contributed by atoms with Crippen molar-refractivity contribution in [3.8, 4) is 0 Å². The van der Waals surface area contributed by atoms with E-state index in [1.54, 1.807) is 0 Å². The monoisotopic (exact) mass is 327 g/mol. The lowest BCUT2D eigenvalue weighted by atomic mass is 10.0. The van der Waals surface area contributed by atoms with E-state index in [4.69, 9.17) is 0 Å². The molecule has 0 atom stereocenters. The quantitative estimate of drug-likeness (QED) is 0.892. The second-order valence-electron chi connectivity index (χ2n) is 6.79. The number of aryl methyl sites for hydroxylation is 2. The van der Waals surface area contributed by atoms with E-state index in [1.807, 2.05) is 6.92 Å². The molecule has 1 aliphatic carbocycles. The fourth-order valence-corrected chi connectivity index (χ4v) is 3.64.